The Hall–Kier alpha value is -0.0800. The van der Waals surface area contributed by atoms with Gasteiger partial charge in [0.25, 0.3) is 0 Å². The molecule has 0 aliphatic heterocycles. The van der Waals surface area contributed by atoms with E-state index in [1.54, 1.807) is 5.57 Å². The van der Waals surface area contributed by atoms with Crippen molar-refractivity contribution < 1.29 is 5.11 Å². The fourth-order valence-electron chi connectivity index (χ4n) is 5.17. The van der Waals surface area contributed by atoms with Crippen LogP contribution < -0.4 is 0 Å². The molecule has 0 saturated heterocycles. The Balaban J connectivity index is 1.88. The summed E-state index contributed by atoms with van der Waals surface area (Å²) in [6, 6.07) is 0. The molecule has 2 aliphatic carbocycles. The van der Waals surface area contributed by atoms with Crippen molar-refractivity contribution in [1.29, 1.82) is 0 Å². The van der Waals surface area contributed by atoms with E-state index in [1.807, 2.05) is 6.92 Å². The number of halogens is 1. The monoisotopic (exact) mass is 382 g/mol. The first-order valence-corrected chi connectivity index (χ1v) is 10.6. The van der Waals surface area contributed by atoms with Gasteiger partial charge in [-0.1, -0.05) is 47.8 Å². The number of aliphatic hydroxyl groups excluding tert-OH is 1. The number of fused-ring (bicyclic) bond motifs is 1. The SMILES string of the molecule is CCC/C(=C\CCCC1CCC2/C(=C/Br)CCCC12C)C(C)O. The van der Waals surface area contributed by atoms with Gasteiger partial charge in [0.15, 0.2) is 0 Å². The van der Waals surface area contributed by atoms with Crippen molar-refractivity contribution in [2.75, 3.05) is 0 Å². The smallest absolute Gasteiger partial charge is 0.0721 e. The van der Waals surface area contributed by atoms with Crippen LogP contribution in [0.25, 0.3) is 0 Å². The molecule has 2 rings (SSSR count). The molecule has 0 heterocycles. The molecule has 0 bridgehead atoms. The molecule has 1 N–H and O–H groups in total. The van der Waals surface area contributed by atoms with Crippen molar-refractivity contribution in [2.24, 2.45) is 17.3 Å². The maximum Gasteiger partial charge on any atom is 0.0721 e. The van der Waals surface area contributed by atoms with E-state index in [4.69, 9.17) is 0 Å². The van der Waals surface area contributed by atoms with E-state index in [1.165, 1.54) is 50.5 Å². The van der Waals surface area contributed by atoms with Crippen LogP contribution in [0.2, 0.25) is 0 Å². The Morgan fingerprint density at radius 1 is 1.43 bits per heavy atom. The Kier molecular flexibility index (Phi) is 7.41. The van der Waals surface area contributed by atoms with Crippen molar-refractivity contribution in [1.82, 2.24) is 0 Å². The van der Waals surface area contributed by atoms with Gasteiger partial charge in [-0.25, -0.2) is 0 Å². The van der Waals surface area contributed by atoms with Crippen LogP contribution in [0.3, 0.4) is 0 Å². The molecule has 2 fully saturated rings. The van der Waals surface area contributed by atoms with E-state index >= 15 is 0 Å². The molecule has 4 atom stereocenters. The average molecular weight is 383 g/mol. The van der Waals surface area contributed by atoms with Gasteiger partial charge in [0.1, 0.15) is 0 Å². The lowest BCUT2D eigenvalue weighted by atomic mass is 9.63. The van der Waals surface area contributed by atoms with Crippen molar-refractivity contribution in [3.05, 3.63) is 22.2 Å². The van der Waals surface area contributed by atoms with Crippen LogP contribution in [0.1, 0.15) is 85.0 Å². The average Bonchev–Trinajstić information content (AvgIpc) is 2.86. The van der Waals surface area contributed by atoms with Gasteiger partial charge < -0.3 is 5.11 Å². The third kappa shape index (κ3) is 4.51. The maximum absolute atomic E-state index is 9.83. The molecule has 0 radical (unpaired) electrons. The molecule has 2 heteroatoms. The van der Waals surface area contributed by atoms with Gasteiger partial charge in [0, 0.05) is 0 Å². The van der Waals surface area contributed by atoms with Crippen LogP contribution in [0.15, 0.2) is 22.2 Å². The van der Waals surface area contributed by atoms with Crippen LogP contribution in [-0.2, 0) is 0 Å². The van der Waals surface area contributed by atoms with Crippen LogP contribution in [0, 0.1) is 17.3 Å². The highest BCUT2D eigenvalue weighted by atomic mass is 79.9. The number of rotatable bonds is 7. The molecular formula is C21H35BrO. The van der Waals surface area contributed by atoms with Gasteiger partial charge in [-0.3, -0.25) is 0 Å². The number of allylic oxidation sites excluding steroid dienone is 2. The minimum absolute atomic E-state index is 0.270. The minimum Gasteiger partial charge on any atom is -0.389 e. The van der Waals surface area contributed by atoms with Crippen LogP contribution in [-0.4, -0.2) is 11.2 Å². The topological polar surface area (TPSA) is 20.2 Å². The van der Waals surface area contributed by atoms with Gasteiger partial charge in [-0.15, -0.1) is 0 Å². The maximum atomic E-state index is 9.83. The second-order valence-corrected chi connectivity index (χ2v) is 8.46. The quantitative estimate of drug-likeness (QED) is 0.380. The minimum atomic E-state index is -0.270. The summed E-state index contributed by atoms with van der Waals surface area (Å²) in [7, 11) is 0. The lowest BCUT2D eigenvalue weighted by Crippen LogP contribution is -2.33. The highest BCUT2D eigenvalue weighted by Gasteiger charge is 2.48. The van der Waals surface area contributed by atoms with E-state index in [0.29, 0.717) is 5.41 Å². The van der Waals surface area contributed by atoms with E-state index in [0.717, 1.165) is 31.1 Å². The van der Waals surface area contributed by atoms with Gasteiger partial charge in [-0.05, 0) is 92.5 Å². The fourth-order valence-corrected chi connectivity index (χ4v) is 5.72. The van der Waals surface area contributed by atoms with Crippen LogP contribution in [0.4, 0.5) is 0 Å². The molecule has 2 saturated carbocycles. The largest absolute Gasteiger partial charge is 0.389 e. The lowest BCUT2D eigenvalue weighted by molar-refractivity contribution is 0.128. The van der Waals surface area contributed by atoms with Crippen LogP contribution in [0.5, 0.6) is 0 Å². The summed E-state index contributed by atoms with van der Waals surface area (Å²) in [4.78, 5) is 2.22. The molecular weight excluding hydrogens is 348 g/mol. The van der Waals surface area contributed by atoms with Crippen molar-refractivity contribution in [2.45, 2.75) is 91.1 Å². The molecule has 0 spiro atoms. The summed E-state index contributed by atoms with van der Waals surface area (Å²) in [5, 5.41) is 9.83. The number of hydrogen-bond acceptors (Lipinski definition) is 1. The summed E-state index contributed by atoms with van der Waals surface area (Å²) in [6.07, 6.45) is 14.9. The molecule has 23 heavy (non-hydrogen) atoms. The summed E-state index contributed by atoms with van der Waals surface area (Å²) >= 11 is 3.61. The van der Waals surface area contributed by atoms with Crippen LogP contribution >= 0.6 is 15.9 Å². The first kappa shape index (κ1) is 19.2. The fraction of sp³-hybridized carbons (Fsp3) is 0.810. The zero-order valence-electron chi connectivity index (χ0n) is 15.3. The van der Waals surface area contributed by atoms with E-state index in [2.05, 4.69) is 40.8 Å². The molecule has 0 aromatic rings. The zero-order valence-corrected chi connectivity index (χ0v) is 16.9. The van der Waals surface area contributed by atoms with E-state index < -0.39 is 0 Å². The molecule has 2 aliphatic rings. The van der Waals surface area contributed by atoms with Crippen molar-refractivity contribution in [3.63, 3.8) is 0 Å². The second-order valence-electron chi connectivity index (χ2n) is 8.01. The van der Waals surface area contributed by atoms with E-state index in [9.17, 15) is 5.11 Å². The number of aliphatic hydroxyl groups is 1. The van der Waals surface area contributed by atoms with Gasteiger partial charge in [-0.2, -0.15) is 0 Å². The van der Waals surface area contributed by atoms with E-state index in [-0.39, 0.29) is 6.10 Å². The standard InChI is InChI=1S/C21H35BrO/c1-4-8-17(16(2)23)9-5-6-11-19-12-13-20-18(15-22)10-7-14-21(19,20)3/h9,15-16,19-20,23H,4-8,10-14H2,1-3H3/b17-9+,18-15+. The van der Waals surface area contributed by atoms with Gasteiger partial charge >= 0.3 is 0 Å². The molecule has 0 amide bonds. The van der Waals surface area contributed by atoms with Crippen molar-refractivity contribution in [3.8, 4) is 0 Å². The Morgan fingerprint density at radius 2 is 2.22 bits per heavy atom. The molecule has 1 nitrogen and oxygen atoms in total. The predicted octanol–water partition coefficient (Wildman–Crippen LogP) is 6.76. The molecule has 0 aromatic heterocycles. The van der Waals surface area contributed by atoms with Gasteiger partial charge in [0.05, 0.1) is 6.10 Å². The normalized spacial score (nSPS) is 34.7. The Bertz CT molecular complexity index is 437. The third-order valence-corrected chi connectivity index (χ3v) is 7.13. The Labute approximate surface area is 151 Å². The number of hydrogen-bond donors (Lipinski definition) is 1. The zero-order chi connectivity index (χ0) is 16.9. The summed E-state index contributed by atoms with van der Waals surface area (Å²) in [5.74, 6) is 1.72. The molecule has 4 unspecified atom stereocenters. The predicted molar refractivity (Wildman–Crippen MR) is 104 cm³/mol. The first-order chi connectivity index (χ1) is 11.0. The van der Waals surface area contributed by atoms with Gasteiger partial charge in [0.2, 0.25) is 0 Å². The summed E-state index contributed by atoms with van der Waals surface area (Å²) in [6.45, 7) is 6.65. The highest BCUT2D eigenvalue weighted by molar-refractivity contribution is 9.11. The second kappa shape index (κ2) is 8.85. The lowest BCUT2D eigenvalue weighted by Gasteiger charge is -2.42. The van der Waals surface area contributed by atoms with Crippen molar-refractivity contribution >= 4 is 15.9 Å². The third-order valence-electron chi connectivity index (χ3n) is 6.54. The first-order valence-electron chi connectivity index (χ1n) is 9.69. The molecule has 132 valence electrons. The summed E-state index contributed by atoms with van der Waals surface area (Å²) in [5.41, 5.74) is 3.45. The summed E-state index contributed by atoms with van der Waals surface area (Å²) < 4.78 is 0. The molecule has 0 aromatic carbocycles. The highest BCUT2D eigenvalue weighted by Crippen LogP contribution is 2.58. The Morgan fingerprint density at radius 3 is 2.87 bits per heavy atom. The number of unbranched alkanes of at least 4 members (excludes halogenated alkanes) is 1.